The first kappa shape index (κ1) is 24.2. The van der Waals surface area contributed by atoms with Gasteiger partial charge in [0, 0.05) is 18.3 Å². The second kappa shape index (κ2) is 8.71. The van der Waals surface area contributed by atoms with Crippen molar-refractivity contribution < 1.29 is 27.5 Å². The zero-order valence-corrected chi connectivity index (χ0v) is 19.3. The van der Waals surface area contributed by atoms with Gasteiger partial charge in [0.15, 0.2) is 11.5 Å². The average Bonchev–Trinajstić information content (AvgIpc) is 3.38. The molecule has 10 nitrogen and oxygen atoms in total. The van der Waals surface area contributed by atoms with Crippen LogP contribution < -0.4 is 11.1 Å². The predicted molar refractivity (Wildman–Crippen MR) is 120 cm³/mol. The summed E-state index contributed by atoms with van der Waals surface area (Å²) in [6, 6.07) is 3.20. The Morgan fingerprint density at radius 3 is 2.66 bits per heavy atom. The van der Waals surface area contributed by atoms with Gasteiger partial charge < -0.3 is 15.8 Å². The molecule has 3 aromatic heterocycles. The van der Waals surface area contributed by atoms with Crippen LogP contribution in [0.1, 0.15) is 39.2 Å². The Morgan fingerprint density at radius 1 is 1.23 bits per heavy atom. The van der Waals surface area contributed by atoms with Gasteiger partial charge in [-0.3, -0.25) is 9.69 Å². The van der Waals surface area contributed by atoms with E-state index in [2.05, 4.69) is 20.4 Å². The number of anilines is 2. The van der Waals surface area contributed by atoms with Crippen LogP contribution in [0.2, 0.25) is 0 Å². The first-order chi connectivity index (χ1) is 16.3. The molecule has 13 heteroatoms. The third-order valence-corrected chi connectivity index (χ3v) is 5.27. The van der Waals surface area contributed by atoms with Crippen molar-refractivity contribution in [2.24, 2.45) is 0 Å². The number of carbonyl (C=O) groups excluding carboxylic acids is 2. The van der Waals surface area contributed by atoms with E-state index in [1.54, 1.807) is 26.8 Å². The zero-order chi connectivity index (χ0) is 25.5. The van der Waals surface area contributed by atoms with E-state index in [1.807, 2.05) is 0 Å². The first-order valence-corrected chi connectivity index (χ1v) is 10.8. The van der Waals surface area contributed by atoms with Crippen LogP contribution in [0.15, 0.2) is 30.6 Å². The molecule has 3 N–H and O–H groups in total. The van der Waals surface area contributed by atoms with Gasteiger partial charge in [-0.2, -0.15) is 18.3 Å². The van der Waals surface area contributed by atoms with E-state index in [-0.39, 0.29) is 17.1 Å². The fourth-order valence-corrected chi connectivity index (χ4v) is 3.73. The van der Waals surface area contributed by atoms with E-state index < -0.39 is 41.2 Å². The number of ether oxygens (including phenoxy) is 1. The molecule has 0 spiro atoms. The number of hydrogen-bond donors (Lipinski definition) is 2. The van der Waals surface area contributed by atoms with Crippen molar-refractivity contribution in [3.05, 3.63) is 36.2 Å². The van der Waals surface area contributed by atoms with Crippen molar-refractivity contribution >= 4 is 29.3 Å². The number of pyridine rings is 1. The van der Waals surface area contributed by atoms with Crippen LogP contribution in [0, 0.1) is 0 Å². The van der Waals surface area contributed by atoms with E-state index in [0.717, 1.165) is 6.07 Å². The number of aromatic nitrogens is 4. The molecule has 0 bridgehead atoms. The van der Waals surface area contributed by atoms with Crippen LogP contribution in [0.4, 0.5) is 29.6 Å². The quantitative estimate of drug-likeness (QED) is 0.571. The van der Waals surface area contributed by atoms with Crippen molar-refractivity contribution in [1.82, 2.24) is 24.5 Å². The Hall–Kier alpha value is -3.90. The SMILES string of the molecule is CC(C)(C)OC(=O)N1CCC[C@@H]1C(=O)Nc1cn2nc(-c3cnc(N)c(C(F)(F)F)c3)ccc2n1. The van der Waals surface area contributed by atoms with Gasteiger partial charge in [0.25, 0.3) is 0 Å². The maximum absolute atomic E-state index is 13.2. The Bertz CT molecular complexity index is 1280. The molecule has 0 saturated carbocycles. The van der Waals surface area contributed by atoms with Gasteiger partial charge in [0.2, 0.25) is 5.91 Å². The number of fused-ring (bicyclic) bond motifs is 1. The smallest absolute Gasteiger partial charge is 0.419 e. The minimum absolute atomic E-state index is 0.117. The number of amides is 2. The molecule has 0 radical (unpaired) electrons. The molecular weight excluding hydrogens is 467 g/mol. The summed E-state index contributed by atoms with van der Waals surface area (Å²) in [5, 5.41) is 6.96. The number of nitrogen functional groups attached to an aromatic ring is 1. The van der Waals surface area contributed by atoms with Crippen molar-refractivity contribution in [2.75, 3.05) is 17.6 Å². The van der Waals surface area contributed by atoms with E-state index in [4.69, 9.17) is 10.5 Å². The molecular formula is C22H24F3N7O3. The van der Waals surface area contributed by atoms with Gasteiger partial charge >= 0.3 is 12.3 Å². The Morgan fingerprint density at radius 2 is 1.97 bits per heavy atom. The maximum atomic E-state index is 13.2. The van der Waals surface area contributed by atoms with Gasteiger partial charge in [0.05, 0.1) is 17.5 Å². The molecule has 1 aliphatic heterocycles. The minimum atomic E-state index is -4.66. The monoisotopic (exact) mass is 491 g/mol. The molecule has 3 aromatic rings. The lowest BCUT2D eigenvalue weighted by atomic mass is 10.1. The Kier molecular flexibility index (Phi) is 6.03. The van der Waals surface area contributed by atoms with E-state index in [9.17, 15) is 22.8 Å². The number of nitrogens with zero attached hydrogens (tertiary/aromatic N) is 5. The molecule has 35 heavy (non-hydrogen) atoms. The standard InChI is InChI=1S/C22H24F3N7O3/c1-21(2,3)35-20(34)31-8-4-5-15(31)19(33)29-16-11-32-17(28-16)7-6-14(30-32)12-9-13(22(23,24)25)18(26)27-10-12/h6-7,9-11,15H,4-5,8H2,1-3H3,(H2,26,27)(H,29,33)/t15-/m1/s1. The molecule has 0 unspecified atom stereocenters. The van der Waals surface area contributed by atoms with Crippen LogP contribution in [0.25, 0.3) is 16.9 Å². The lowest BCUT2D eigenvalue weighted by Crippen LogP contribution is -2.45. The molecule has 1 atom stereocenters. The highest BCUT2D eigenvalue weighted by Crippen LogP contribution is 2.34. The van der Waals surface area contributed by atoms with Crippen molar-refractivity contribution in [1.29, 1.82) is 0 Å². The van der Waals surface area contributed by atoms with Gasteiger partial charge in [0.1, 0.15) is 17.5 Å². The summed E-state index contributed by atoms with van der Waals surface area (Å²) in [6.07, 6.45) is -1.46. The summed E-state index contributed by atoms with van der Waals surface area (Å²) in [5.74, 6) is -0.862. The maximum Gasteiger partial charge on any atom is 0.419 e. The molecule has 0 aliphatic carbocycles. The van der Waals surface area contributed by atoms with Crippen LogP contribution in [0.5, 0.6) is 0 Å². The summed E-state index contributed by atoms with van der Waals surface area (Å²) in [5.41, 5.74) is 4.31. The van der Waals surface area contributed by atoms with Gasteiger partial charge in [-0.1, -0.05) is 0 Å². The van der Waals surface area contributed by atoms with Crippen LogP contribution in [0.3, 0.4) is 0 Å². The predicted octanol–water partition coefficient (Wildman–Crippen LogP) is 3.73. The van der Waals surface area contributed by atoms with E-state index >= 15 is 0 Å². The van der Waals surface area contributed by atoms with Crippen LogP contribution in [-0.4, -0.2) is 54.7 Å². The number of nitrogens with one attached hydrogen (secondary N) is 1. The summed E-state index contributed by atoms with van der Waals surface area (Å²) < 4.78 is 46.3. The van der Waals surface area contributed by atoms with Crippen molar-refractivity contribution in [2.45, 2.75) is 51.4 Å². The highest BCUT2D eigenvalue weighted by atomic mass is 19.4. The topological polar surface area (TPSA) is 128 Å². The fourth-order valence-electron chi connectivity index (χ4n) is 3.73. The second-order valence-corrected chi connectivity index (χ2v) is 9.12. The van der Waals surface area contributed by atoms with Crippen molar-refractivity contribution in [3.63, 3.8) is 0 Å². The Labute approximate surface area is 198 Å². The number of halogens is 3. The number of hydrogen-bond acceptors (Lipinski definition) is 7. The number of nitrogens with two attached hydrogens (primary N) is 1. The molecule has 4 heterocycles. The van der Waals surface area contributed by atoms with Crippen molar-refractivity contribution in [3.8, 4) is 11.3 Å². The summed E-state index contributed by atoms with van der Waals surface area (Å²) in [4.78, 5) is 34.6. The molecule has 1 saturated heterocycles. The highest BCUT2D eigenvalue weighted by Gasteiger charge is 2.37. The van der Waals surface area contributed by atoms with Crippen LogP contribution in [-0.2, 0) is 15.7 Å². The number of imidazole rings is 1. The first-order valence-electron chi connectivity index (χ1n) is 10.8. The average molecular weight is 491 g/mol. The zero-order valence-electron chi connectivity index (χ0n) is 19.3. The Balaban J connectivity index is 1.53. The minimum Gasteiger partial charge on any atom is -0.444 e. The fraction of sp³-hybridized carbons (Fsp3) is 0.409. The number of carbonyl (C=O) groups is 2. The molecule has 4 rings (SSSR count). The summed E-state index contributed by atoms with van der Waals surface area (Å²) in [6.45, 7) is 5.65. The normalized spacial score (nSPS) is 16.5. The van der Waals surface area contributed by atoms with E-state index in [1.165, 1.54) is 27.9 Å². The summed E-state index contributed by atoms with van der Waals surface area (Å²) >= 11 is 0. The molecule has 0 aromatic carbocycles. The highest BCUT2D eigenvalue weighted by molar-refractivity contribution is 5.96. The molecule has 186 valence electrons. The number of alkyl halides is 3. The second-order valence-electron chi connectivity index (χ2n) is 9.12. The van der Waals surface area contributed by atoms with E-state index in [0.29, 0.717) is 25.0 Å². The summed E-state index contributed by atoms with van der Waals surface area (Å²) in [7, 11) is 0. The lowest BCUT2D eigenvalue weighted by molar-refractivity contribution is -0.137. The number of likely N-dealkylation sites (tertiary alicyclic amines) is 1. The molecule has 2 amide bonds. The third kappa shape index (κ3) is 5.28. The number of rotatable bonds is 3. The largest absolute Gasteiger partial charge is 0.444 e. The lowest BCUT2D eigenvalue weighted by Gasteiger charge is -2.27. The van der Waals surface area contributed by atoms with Gasteiger partial charge in [-0.15, -0.1) is 0 Å². The van der Waals surface area contributed by atoms with Gasteiger partial charge in [-0.25, -0.2) is 19.3 Å². The molecule has 1 fully saturated rings. The van der Waals surface area contributed by atoms with Gasteiger partial charge in [-0.05, 0) is 51.8 Å². The third-order valence-electron chi connectivity index (χ3n) is 5.27. The molecule has 1 aliphatic rings. The van der Waals surface area contributed by atoms with Crippen LogP contribution >= 0.6 is 0 Å².